The van der Waals surface area contributed by atoms with Gasteiger partial charge in [0.2, 0.25) is 5.91 Å². The van der Waals surface area contributed by atoms with Gasteiger partial charge in [-0.25, -0.2) is 0 Å². The van der Waals surface area contributed by atoms with E-state index in [1.165, 1.54) is 5.56 Å². The summed E-state index contributed by atoms with van der Waals surface area (Å²) in [6.07, 6.45) is 0. The van der Waals surface area contributed by atoms with Gasteiger partial charge in [-0.15, -0.1) is 0 Å². The minimum Gasteiger partial charge on any atom is -0.358 e. The van der Waals surface area contributed by atoms with Crippen LogP contribution < -0.4 is 10.2 Å². The van der Waals surface area contributed by atoms with Crippen molar-refractivity contribution in [3.05, 3.63) is 95.0 Å². The van der Waals surface area contributed by atoms with Crippen LogP contribution in [0, 0.1) is 0 Å². The molecule has 0 unspecified atom stereocenters. The number of nitrogens with one attached hydrogen (secondary N) is 1. The highest BCUT2D eigenvalue weighted by Crippen LogP contribution is 2.18. The van der Waals surface area contributed by atoms with Crippen molar-refractivity contribution in [2.24, 2.45) is 0 Å². The monoisotopic (exact) mass is 394 g/mol. The molecule has 0 radical (unpaired) electrons. The van der Waals surface area contributed by atoms with Crippen molar-refractivity contribution in [2.45, 2.75) is 6.54 Å². The quantitative estimate of drug-likeness (QED) is 0.630. The molecule has 0 atom stereocenters. The van der Waals surface area contributed by atoms with Crippen LogP contribution in [0.25, 0.3) is 0 Å². The van der Waals surface area contributed by atoms with Gasteiger partial charge in [-0.05, 0) is 42.0 Å². The van der Waals surface area contributed by atoms with Gasteiger partial charge in [-0.1, -0.05) is 64.5 Å². The number of benzene rings is 3. The molecule has 0 fully saturated rings. The Morgan fingerprint density at radius 1 is 0.840 bits per heavy atom. The molecule has 1 amide bonds. The highest BCUT2D eigenvalue weighted by Gasteiger charge is 2.12. The topological polar surface area (TPSA) is 32.3 Å². The molecular formula is C21H19BrN2O. The lowest BCUT2D eigenvalue weighted by molar-refractivity contribution is -0.115. The second kappa shape index (κ2) is 8.49. The Hall–Kier alpha value is -2.59. The summed E-state index contributed by atoms with van der Waals surface area (Å²) < 4.78 is 0.987. The maximum atomic E-state index is 12.5. The van der Waals surface area contributed by atoms with Crippen LogP contribution in [-0.2, 0) is 11.3 Å². The smallest absolute Gasteiger partial charge is 0.243 e. The van der Waals surface area contributed by atoms with E-state index in [1.54, 1.807) is 0 Å². The molecule has 1 N–H and O–H groups in total. The number of nitrogens with zero attached hydrogens (tertiary/aromatic N) is 1. The first-order valence-electron chi connectivity index (χ1n) is 8.10. The van der Waals surface area contributed by atoms with Crippen molar-refractivity contribution in [3.63, 3.8) is 0 Å². The second-order valence-corrected chi connectivity index (χ2v) is 6.65. The Kier molecular flexibility index (Phi) is 5.86. The predicted octanol–water partition coefficient (Wildman–Crippen LogP) is 5.09. The van der Waals surface area contributed by atoms with Crippen LogP contribution in [0.3, 0.4) is 0 Å². The Bertz CT molecular complexity index is 804. The third-order valence-corrected chi connectivity index (χ3v) is 4.33. The van der Waals surface area contributed by atoms with E-state index in [1.807, 2.05) is 72.8 Å². The molecule has 4 heteroatoms. The van der Waals surface area contributed by atoms with Crippen molar-refractivity contribution in [3.8, 4) is 0 Å². The molecule has 0 aliphatic carbocycles. The van der Waals surface area contributed by atoms with E-state index in [-0.39, 0.29) is 12.5 Å². The summed E-state index contributed by atoms with van der Waals surface area (Å²) in [5.74, 6) is -0.0397. The summed E-state index contributed by atoms with van der Waals surface area (Å²) in [5.41, 5.74) is 2.99. The summed E-state index contributed by atoms with van der Waals surface area (Å²) in [4.78, 5) is 14.6. The van der Waals surface area contributed by atoms with E-state index in [0.717, 1.165) is 15.8 Å². The fourth-order valence-corrected chi connectivity index (χ4v) is 2.85. The van der Waals surface area contributed by atoms with Crippen molar-refractivity contribution in [2.75, 3.05) is 16.8 Å². The van der Waals surface area contributed by atoms with Crippen LogP contribution in [0.1, 0.15) is 5.56 Å². The van der Waals surface area contributed by atoms with Crippen molar-refractivity contribution in [1.82, 2.24) is 0 Å². The lowest BCUT2D eigenvalue weighted by atomic mass is 10.2. The van der Waals surface area contributed by atoms with Crippen LogP contribution in [0.5, 0.6) is 0 Å². The summed E-state index contributed by atoms with van der Waals surface area (Å²) in [6, 6.07) is 27.8. The number of para-hydroxylation sites is 1. The summed E-state index contributed by atoms with van der Waals surface area (Å²) in [5, 5.41) is 2.95. The Labute approximate surface area is 156 Å². The first-order chi connectivity index (χ1) is 12.2. The molecule has 126 valence electrons. The highest BCUT2D eigenvalue weighted by molar-refractivity contribution is 9.10. The number of carbonyl (C=O) groups is 1. The van der Waals surface area contributed by atoms with Crippen LogP contribution in [0.4, 0.5) is 11.4 Å². The Balaban J connectivity index is 1.72. The minimum atomic E-state index is -0.0397. The molecule has 3 nitrogen and oxygen atoms in total. The average Bonchev–Trinajstić information content (AvgIpc) is 2.65. The highest BCUT2D eigenvalue weighted by atomic mass is 79.9. The number of hydrogen-bond acceptors (Lipinski definition) is 2. The first kappa shape index (κ1) is 17.2. The van der Waals surface area contributed by atoms with Gasteiger partial charge in [-0.3, -0.25) is 4.79 Å². The molecule has 0 saturated heterocycles. The molecule has 0 spiro atoms. The fraction of sp³-hybridized carbons (Fsp3) is 0.0952. The summed E-state index contributed by atoms with van der Waals surface area (Å²) >= 11 is 3.40. The average molecular weight is 395 g/mol. The SMILES string of the molecule is O=C(CN(Cc1ccccc1)c1ccccc1)Nc1ccc(Br)cc1. The molecule has 0 aromatic heterocycles. The van der Waals surface area contributed by atoms with Crippen molar-refractivity contribution < 1.29 is 4.79 Å². The molecule has 0 aliphatic rings. The standard InChI is InChI=1S/C21H19BrN2O/c22-18-11-13-19(14-12-18)23-21(25)16-24(20-9-5-2-6-10-20)15-17-7-3-1-4-8-17/h1-14H,15-16H2,(H,23,25). The van der Waals surface area contributed by atoms with Crippen LogP contribution in [-0.4, -0.2) is 12.5 Å². The third-order valence-electron chi connectivity index (χ3n) is 3.80. The number of carbonyl (C=O) groups excluding carboxylic acids is 1. The zero-order valence-corrected chi connectivity index (χ0v) is 15.3. The van der Waals surface area contributed by atoms with Crippen molar-refractivity contribution in [1.29, 1.82) is 0 Å². The van der Waals surface area contributed by atoms with Gasteiger partial charge in [-0.2, -0.15) is 0 Å². The van der Waals surface area contributed by atoms with E-state index in [9.17, 15) is 4.79 Å². The molecule has 0 heterocycles. The van der Waals surface area contributed by atoms with Gasteiger partial charge in [0.1, 0.15) is 0 Å². The lowest BCUT2D eigenvalue weighted by Gasteiger charge is -2.24. The van der Waals surface area contributed by atoms with E-state index in [2.05, 4.69) is 38.3 Å². The maximum Gasteiger partial charge on any atom is 0.243 e. The Morgan fingerprint density at radius 2 is 1.44 bits per heavy atom. The predicted molar refractivity (Wildman–Crippen MR) is 107 cm³/mol. The molecule has 25 heavy (non-hydrogen) atoms. The van der Waals surface area contributed by atoms with Crippen LogP contribution in [0.15, 0.2) is 89.4 Å². The summed E-state index contributed by atoms with van der Waals surface area (Å²) in [6.45, 7) is 0.966. The molecule has 0 bridgehead atoms. The third kappa shape index (κ3) is 5.19. The van der Waals surface area contributed by atoms with Crippen LogP contribution in [0.2, 0.25) is 0 Å². The number of hydrogen-bond donors (Lipinski definition) is 1. The van der Waals surface area contributed by atoms with Gasteiger partial charge >= 0.3 is 0 Å². The Morgan fingerprint density at radius 3 is 2.08 bits per heavy atom. The number of anilines is 2. The van der Waals surface area contributed by atoms with Gasteiger partial charge in [0.05, 0.1) is 6.54 Å². The van der Waals surface area contributed by atoms with E-state index < -0.39 is 0 Å². The molecule has 3 aromatic rings. The maximum absolute atomic E-state index is 12.5. The van der Waals surface area contributed by atoms with Gasteiger partial charge < -0.3 is 10.2 Å². The van der Waals surface area contributed by atoms with Crippen molar-refractivity contribution >= 4 is 33.2 Å². The van der Waals surface area contributed by atoms with Gasteiger partial charge in [0.25, 0.3) is 0 Å². The lowest BCUT2D eigenvalue weighted by Crippen LogP contribution is -2.32. The molecule has 3 rings (SSSR count). The normalized spacial score (nSPS) is 10.3. The van der Waals surface area contributed by atoms with Gasteiger partial charge in [0.15, 0.2) is 0 Å². The van der Waals surface area contributed by atoms with Crippen LogP contribution >= 0.6 is 15.9 Å². The fourth-order valence-electron chi connectivity index (χ4n) is 2.59. The molecule has 0 saturated carbocycles. The summed E-state index contributed by atoms with van der Waals surface area (Å²) in [7, 11) is 0. The second-order valence-electron chi connectivity index (χ2n) is 5.73. The van der Waals surface area contributed by atoms with Gasteiger partial charge in [0, 0.05) is 22.4 Å². The minimum absolute atomic E-state index is 0.0397. The molecule has 0 aliphatic heterocycles. The zero-order valence-electron chi connectivity index (χ0n) is 13.7. The largest absolute Gasteiger partial charge is 0.358 e. The van der Waals surface area contributed by atoms with E-state index in [4.69, 9.17) is 0 Å². The number of amides is 1. The molecular weight excluding hydrogens is 376 g/mol. The first-order valence-corrected chi connectivity index (χ1v) is 8.89. The number of halogens is 1. The zero-order chi connectivity index (χ0) is 17.5. The number of rotatable bonds is 6. The van der Waals surface area contributed by atoms with E-state index >= 15 is 0 Å². The molecule has 3 aromatic carbocycles. The van der Waals surface area contributed by atoms with E-state index in [0.29, 0.717) is 6.54 Å².